The van der Waals surface area contributed by atoms with E-state index in [4.69, 9.17) is 10.5 Å². The van der Waals surface area contributed by atoms with E-state index >= 15 is 0 Å². The number of nitrogens with two attached hydrogens (primary N) is 1. The number of carbonyl (C=O) groups is 1. The van der Waals surface area contributed by atoms with Gasteiger partial charge >= 0.3 is 0 Å². The first-order valence-electron chi connectivity index (χ1n) is 9.94. The summed E-state index contributed by atoms with van der Waals surface area (Å²) in [5.41, 5.74) is 8.70. The number of aromatic nitrogens is 4. The number of fused-ring (bicyclic) bond motifs is 1. The summed E-state index contributed by atoms with van der Waals surface area (Å²) in [5.74, 6) is 0.668. The molecule has 3 N–H and O–H groups in total. The van der Waals surface area contributed by atoms with Gasteiger partial charge in [-0.15, -0.1) is 0 Å². The van der Waals surface area contributed by atoms with Gasteiger partial charge in [-0.3, -0.25) is 4.79 Å². The molecule has 1 aromatic carbocycles. The van der Waals surface area contributed by atoms with E-state index in [-0.39, 0.29) is 23.5 Å². The fraction of sp³-hybridized carbons (Fsp3) is 0.429. The van der Waals surface area contributed by atoms with Gasteiger partial charge in [-0.25, -0.2) is 14.6 Å². The lowest BCUT2D eigenvalue weighted by Crippen LogP contribution is -2.19. The fourth-order valence-electron chi connectivity index (χ4n) is 3.94. The van der Waals surface area contributed by atoms with Crippen molar-refractivity contribution in [3.8, 4) is 0 Å². The molecule has 2 aromatic heterocycles. The Hall–Kier alpha value is -3.00. The summed E-state index contributed by atoms with van der Waals surface area (Å²) in [7, 11) is 1.65. The van der Waals surface area contributed by atoms with Crippen LogP contribution in [0.4, 0.5) is 11.5 Å². The van der Waals surface area contributed by atoms with Gasteiger partial charge in [0.2, 0.25) is 0 Å². The molecule has 152 valence electrons. The lowest BCUT2D eigenvalue weighted by atomic mass is 9.87. The fourth-order valence-corrected chi connectivity index (χ4v) is 3.94. The second-order valence-corrected chi connectivity index (χ2v) is 7.75. The first-order chi connectivity index (χ1) is 14.1. The summed E-state index contributed by atoms with van der Waals surface area (Å²) in [6.07, 6.45) is 5.75. The van der Waals surface area contributed by atoms with E-state index in [2.05, 4.69) is 27.3 Å². The van der Waals surface area contributed by atoms with Crippen molar-refractivity contribution in [2.75, 3.05) is 18.2 Å². The van der Waals surface area contributed by atoms with E-state index in [1.54, 1.807) is 7.11 Å². The number of nitrogen functional groups attached to an aromatic ring is 1. The van der Waals surface area contributed by atoms with Gasteiger partial charge in [-0.05, 0) is 49.3 Å². The molecular weight excluding hydrogens is 368 g/mol. The van der Waals surface area contributed by atoms with E-state index in [1.165, 1.54) is 6.33 Å². The van der Waals surface area contributed by atoms with Crippen LogP contribution in [0.1, 0.15) is 54.7 Å². The summed E-state index contributed by atoms with van der Waals surface area (Å²) < 4.78 is 6.99. The predicted octanol–water partition coefficient (Wildman–Crippen LogP) is 3.56. The number of carbonyl (C=O) groups excluding carboxylic acids is 1. The number of anilines is 2. The van der Waals surface area contributed by atoms with E-state index < -0.39 is 0 Å². The number of amides is 1. The second-order valence-electron chi connectivity index (χ2n) is 7.75. The lowest BCUT2D eigenvalue weighted by Gasteiger charge is -2.26. The Balaban J connectivity index is 1.65. The zero-order chi connectivity index (χ0) is 20.4. The van der Waals surface area contributed by atoms with E-state index in [0.717, 1.165) is 37.2 Å². The number of ether oxygens (including phenoxy) is 1. The average molecular weight is 394 g/mol. The van der Waals surface area contributed by atoms with E-state index in [0.29, 0.717) is 23.3 Å². The summed E-state index contributed by atoms with van der Waals surface area (Å²) in [4.78, 5) is 21.5. The van der Waals surface area contributed by atoms with Gasteiger partial charge in [0.25, 0.3) is 5.91 Å². The lowest BCUT2D eigenvalue weighted by molar-refractivity contribution is 0.102. The van der Waals surface area contributed by atoms with Gasteiger partial charge < -0.3 is 15.8 Å². The van der Waals surface area contributed by atoms with Gasteiger partial charge in [0, 0.05) is 12.8 Å². The molecule has 8 heteroatoms. The number of nitrogens with one attached hydrogen (secondary N) is 1. The van der Waals surface area contributed by atoms with Gasteiger partial charge in [-0.1, -0.05) is 19.1 Å². The highest BCUT2D eigenvalue weighted by molar-refractivity contribution is 6.13. The molecule has 0 atom stereocenters. The van der Waals surface area contributed by atoms with Crippen LogP contribution in [-0.4, -0.2) is 32.8 Å². The van der Waals surface area contributed by atoms with Crippen LogP contribution < -0.4 is 11.1 Å². The second kappa shape index (κ2) is 8.16. The number of nitrogens with zero attached hydrogens (tertiary/aromatic N) is 4. The number of methoxy groups -OCH3 is 1. The highest BCUT2D eigenvalue weighted by Crippen LogP contribution is 2.34. The Kier molecular flexibility index (Phi) is 5.44. The summed E-state index contributed by atoms with van der Waals surface area (Å²) >= 11 is 0. The molecule has 0 radical (unpaired) electrons. The van der Waals surface area contributed by atoms with Crippen LogP contribution in [0.2, 0.25) is 0 Å². The standard InChI is InChI=1S/C21H26N6O2/c1-13-3-9-16(10-4-13)27-20-17(19(22)23-12-24-20)18(26-27)21(28)25-15-7-5-14(6-8-15)11-29-2/h5-8,12-13,16H,3-4,9-11H2,1-2H3,(H,25,28)(H2,22,23,24)/t13-,16-. The molecule has 2 heterocycles. The smallest absolute Gasteiger partial charge is 0.277 e. The molecule has 1 aliphatic rings. The number of hydrogen-bond acceptors (Lipinski definition) is 6. The molecule has 0 saturated heterocycles. The Labute approximate surface area is 169 Å². The number of hydrogen-bond donors (Lipinski definition) is 2. The van der Waals surface area contributed by atoms with E-state index in [1.807, 2.05) is 28.9 Å². The van der Waals surface area contributed by atoms with Crippen molar-refractivity contribution in [1.82, 2.24) is 19.7 Å². The highest BCUT2D eigenvalue weighted by Gasteiger charge is 2.27. The Morgan fingerprint density at radius 1 is 1.21 bits per heavy atom. The van der Waals surface area contributed by atoms with Crippen molar-refractivity contribution >= 4 is 28.4 Å². The van der Waals surface area contributed by atoms with Crippen LogP contribution >= 0.6 is 0 Å². The number of benzene rings is 1. The highest BCUT2D eigenvalue weighted by atomic mass is 16.5. The van der Waals surface area contributed by atoms with E-state index in [9.17, 15) is 4.79 Å². The topological polar surface area (TPSA) is 108 Å². The van der Waals surface area contributed by atoms with Crippen LogP contribution in [0.3, 0.4) is 0 Å². The molecule has 8 nitrogen and oxygen atoms in total. The molecule has 1 fully saturated rings. The monoisotopic (exact) mass is 394 g/mol. The van der Waals surface area contributed by atoms with Gasteiger partial charge in [-0.2, -0.15) is 5.10 Å². The van der Waals surface area contributed by atoms with Crippen LogP contribution in [0.25, 0.3) is 11.0 Å². The van der Waals surface area contributed by atoms with Crippen molar-refractivity contribution in [1.29, 1.82) is 0 Å². The van der Waals surface area contributed by atoms with Crippen LogP contribution in [0, 0.1) is 5.92 Å². The summed E-state index contributed by atoms with van der Waals surface area (Å²) in [6, 6.07) is 7.73. The quantitative estimate of drug-likeness (QED) is 0.685. The Morgan fingerprint density at radius 3 is 2.62 bits per heavy atom. The van der Waals surface area contributed by atoms with Gasteiger partial charge in [0.15, 0.2) is 11.3 Å². The number of rotatable bonds is 5. The molecule has 3 aromatic rings. The third kappa shape index (κ3) is 3.93. The maximum atomic E-state index is 13.0. The third-order valence-electron chi connectivity index (χ3n) is 5.59. The average Bonchev–Trinajstić information content (AvgIpc) is 3.11. The van der Waals surface area contributed by atoms with Crippen LogP contribution in [-0.2, 0) is 11.3 Å². The van der Waals surface area contributed by atoms with Crippen LogP contribution in [0.5, 0.6) is 0 Å². The molecule has 0 bridgehead atoms. The first-order valence-corrected chi connectivity index (χ1v) is 9.94. The first kappa shape index (κ1) is 19.3. The molecule has 1 saturated carbocycles. The third-order valence-corrected chi connectivity index (χ3v) is 5.59. The molecule has 0 spiro atoms. The van der Waals surface area contributed by atoms with Crippen LogP contribution in [0.15, 0.2) is 30.6 Å². The van der Waals surface area contributed by atoms with Gasteiger partial charge in [0.05, 0.1) is 18.0 Å². The van der Waals surface area contributed by atoms with Gasteiger partial charge in [0.1, 0.15) is 12.1 Å². The maximum absolute atomic E-state index is 13.0. The minimum Gasteiger partial charge on any atom is -0.383 e. The zero-order valence-corrected chi connectivity index (χ0v) is 16.8. The van der Waals surface area contributed by atoms with Crippen molar-refractivity contribution in [2.24, 2.45) is 5.92 Å². The molecular formula is C21H26N6O2. The van der Waals surface area contributed by atoms with Crippen molar-refractivity contribution < 1.29 is 9.53 Å². The van der Waals surface area contributed by atoms with Crippen molar-refractivity contribution in [2.45, 2.75) is 45.3 Å². The summed E-state index contributed by atoms with van der Waals surface area (Å²) in [6.45, 7) is 2.80. The molecule has 0 aliphatic heterocycles. The molecule has 1 amide bonds. The zero-order valence-electron chi connectivity index (χ0n) is 16.8. The largest absolute Gasteiger partial charge is 0.383 e. The normalized spacial score (nSPS) is 19.4. The molecule has 29 heavy (non-hydrogen) atoms. The molecule has 0 unspecified atom stereocenters. The van der Waals surface area contributed by atoms with Crippen molar-refractivity contribution in [3.05, 3.63) is 41.9 Å². The molecule has 1 aliphatic carbocycles. The Morgan fingerprint density at radius 2 is 1.93 bits per heavy atom. The SMILES string of the molecule is COCc1ccc(NC(=O)c2nn([C@H]3CC[C@H](C)CC3)c3ncnc(N)c23)cc1. The summed E-state index contributed by atoms with van der Waals surface area (Å²) in [5, 5.41) is 8.06. The molecule has 4 rings (SSSR count). The minimum absolute atomic E-state index is 0.220. The van der Waals surface area contributed by atoms with Crippen molar-refractivity contribution in [3.63, 3.8) is 0 Å². The Bertz CT molecular complexity index is 1010. The predicted molar refractivity (Wildman–Crippen MR) is 112 cm³/mol. The maximum Gasteiger partial charge on any atom is 0.277 e. The minimum atomic E-state index is -0.320.